The summed E-state index contributed by atoms with van der Waals surface area (Å²) in [4.78, 5) is 24.3. The molecule has 0 radical (unpaired) electrons. The zero-order valence-electron chi connectivity index (χ0n) is 21.8. The zero-order valence-corrected chi connectivity index (χ0v) is 22.6. The second-order valence-electron chi connectivity index (χ2n) is 9.37. The van der Waals surface area contributed by atoms with Crippen molar-refractivity contribution in [3.63, 3.8) is 0 Å². The highest BCUT2D eigenvalue weighted by Gasteiger charge is 2.46. The summed E-state index contributed by atoms with van der Waals surface area (Å²) in [6.45, 7) is 3.34. The molecule has 0 bridgehead atoms. The van der Waals surface area contributed by atoms with Gasteiger partial charge >= 0.3 is 11.9 Å². The third kappa shape index (κ3) is 14.4. The van der Waals surface area contributed by atoms with Gasteiger partial charge in [-0.1, -0.05) is 58.8 Å². The maximum Gasteiger partial charge on any atom is 0.306 e. The Morgan fingerprint density at radius 2 is 1.41 bits per heavy atom. The van der Waals surface area contributed by atoms with Crippen LogP contribution in [0.25, 0.3) is 0 Å². The maximum absolute atomic E-state index is 12.4. The fourth-order valence-corrected chi connectivity index (χ4v) is 4.46. The Morgan fingerprint density at radius 3 is 2.03 bits per heavy atom. The normalized spacial score (nSPS) is 25.0. The van der Waals surface area contributed by atoms with Gasteiger partial charge in [0.25, 0.3) is 10.1 Å². The van der Waals surface area contributed by atoms with Crippen molar-refractivity contribution in [1.82, 2.24) is 0 Å². The summed E-state index contributed by atoms with van der Waals surface area (Å²) in [7, 11) is -4.57. The second kappa shape index (κ2) is 18.0. The van der Waals surface area contributed by atoms with Crippen molar-refractivity contribution in [2.75, 3.05) is 19.0 Å². The van der Waals surface area contributed by atoms with E-state index in [0.29, 0.717) is 12.8 Å². The highest BCUT2D eigenvalue weighted by Crippen LogP contribution is 2.23. The molecule has 0 aromatic rings. The van der Waals surface area contributed by atoms with Crippen LogP contribution < -0.4 is 0 Å². The van der Waals surface area contributed by atoms with Gasteiger partial charge in [-0.15, -0.1) is 0 Å². The monoisotopic (exact) mass is 556 g/mol. The first-order chi connectivity index (χ1) is 17.5. The molecule has 13 heteroatoms. The van der Waals surface area contributed by atoms with Gasteiger partial charge in [0.05, 0.1) is 6.61 Å². The molecule has 218 valence electrons. The number of aliphatic hydroxyl groups excluding tert-OH is 3. The maximum atomic E-state index is 12.4. The SMILES string of the molecule is CCCCCCCCCC(=O)O[C@H](COC(=O)CCCC)CO[C@@H]1O[C@H](CS(=O)(=O)O)[C@@H](O)[C@H](O)[C@H]1O. The first-order valence-corrected chi connectivity index (χ1v) is 14.7. The van der Waals surface area contributed by atoms with Gasteiger partial charge in [-0.3, -0.25) is 14.1 Å². The number of aliphatic hydroxyl groups is 3. The molecule has 0 aromatic heterocycles. The number of ether oxygens (including phenoxy) is 4. The van der Waals surface area contributed by atoms with Gasteiger partial charge in [-0.25, -0.2) is 0 Å². The average molecular weight is 557 g/mol. The molecule has 0 spiro atoms. The lowest BCUT2D eigenvalue weighted by molar-refractivity contribution is -0.297. The first-order valence-electron chi connectivity index (χ1n) is 13.1. The molecule has 1 rings (SSSR count). The van der Waals surface area contributed by atoms with E-state index in [4.69, 9.17) is 23.5 Å². The summed E-state index contributed by atoms with van der Waals surface area (Å²) >= 11 is 0. The van der Waals surface area contributed by atoms with Crippen molar-refractivity contribution in [1.29, 1.82) is 0 Å². The molecule has 1 aliphatic rings. The van der Waals surface area contributed by atoms with Gasteiger partial charge in [0.2, 0.25) is 0 Å². The van der Waals surface area contributed by atoms with Gasteiger partial charge < -0.3 is 34.3 Å². The van der Waals surface area contributed by atoms with Crippen molar-refractivity contribution in [2.24, 2.45) is 0 Å². The number of hydrogen-bond acceptors (Lipinski definition) is 11. The van der Waals surface area contributed by atoms with Crippen LogP contribution in [-0.2, 0) is 38.7 Å². The number of carbonyl (C=O) groups is 2. The van der Waals surface area contributed by atoms with E-state index in [1.165, 1.54) is 6.42 Å². The molecule has 0 saturated carbocycles. The lowest BCUT2D eigenvalue weighted by Crippen LogP contribution is -2.60. The fraction of sp³-hybridized carbons (Fsp3) is 0.917. The molecule has 0 unspecified atom stereocenters. The minimum absolute atomic E-state index is 0.165. The van der Waals surface area contributed by atoms with Crippen LogP contribution in [0.1, 0.15) is 84.5 Å². The largest absolute Gasteiger partial charge is 0.462 e. The van der Waals surface area contributed by atoms with E-state index in [1.54, 1.807) is 0 Å². The molecule has 1 aliphatic heterocycles. The molecule has 0 aromatic carbocycles. The van der Waals surface area contributed by atoms with Crippen molar-refractivity contribution >= 4 is 22.1 Å². The summed E-state index contributed by atoms with van der Waals surface area (Å²) in [6, 6.07) is 0. The predicted molar refractivity (Wildman–Crippen MR) is 132 cm³/mol. The molecule has 6 atom stereocenters. The van der Waals surface area contributed by atoms with Crippen LogP contribution in [0.4, 0.5) is 0 Å². The minimum atomic E-state index is -4.57. The van der Waals surface area contributed by atoms with Gasteiger partial charge in [-0.2, -0.15) is 8.42 Å². The zero-order chi connectivity index (χ0) is 27.8. The molecule has 1 heterocycles. The fourth-order valence-electron chi connectivity index (χ4n) is 3.77. The van der Waals surface area contributed by atoms with Crippen LogP contribution >= 0.6 is 0 Å². The summed E-state index contributed by atoms with van der Waals surface area (Å²) in [5.74, 6) is -2.03. The molecule has 1 saturated heterocycles. The van der Waals surface area contributed by atoms with Crippen LogP contribution in [0.15, 0.2) is 0 Å². The highest BCUT2D eigenvalue weighted by molar-refractivity contribution is 7.85. The predicted octanol–water partition coefficient (Wildman–Crippen LogP) is 1.48. The van der Waals surface area contributed by atoms with Gasteiger partial charge in [-0.05, 0) is 12.8 Å². The number of unbranched alkanes of at least 4 members (excludes halogenated alkanes) is 7. The van der Waals surface area contributed by atoms with E-state index in [2.05, 4.69) is 6.92 Å². The molecule has 0 aliphatic carbocycles. The Labute approximate surface area is 219 Å². The van der Waals surface area contributed by atoms with E-state index in [1.807, 2.05) is 6.92 Å². The molecule has 0 amide bonds. The third-order valence-electron chi connectivity index (χ3n) is 5.94. The van der Waals surface area contributed by atoms with E-state index in [0.717, 1.165) is 38.5 Å². The van der Waals surface area contributed by atoms with Crippen LogP contribution in [0.2, 0.25) is 0 Å². The van der Waals surface area contributed by atoms with E-state index in [9.17, 15) is 33.3 Å². The van der Waals surface area contributed by atoms with E-state index in [-0.39, 0.29) is 19.4 Å². The summed E-state index contributed by atoms with van der Waals surface area (Å²) in [6.07, 6.45) is -0.682. The molecule has 4 N–H and O–H groups in total. The standard InChI is InChI=1S/C24H44O12S/c1-3-5-7-8-9-10-11-13-20(26)35-17(14-33-19(25)12-6-4-2)15-34-24-23(29)22(28)21(27)18(36-24)16-37(30,31)32/h17-18,21-24,27-29H,3-16H2,1-2H3,(H,30,31,32)/t17-,18-,21-,22+,23-,24-/m1/s1. The minimum Gasteiger partial charge on any atom is -0.462 e. The Balaban J connectivity index is 2.68. The van der Waals surface area contributed by atoms with Crippen molar-refractivity contribution in [2.45, 2.75) is 121 Å². The Morgan fingerprint density at radius 1 is 0.811 bits per heavy atom. The summed E-state index contributed by atoms with van der Waals surface area (Å²) < 4.78 is 52.7. The van der Waals surface area contributed by atoms with Crippen LogP contribution in [0.5, 0.6) is 0 Å². The van der Waals surface area contributed by atoms with Crippen molar-refractivity contribution in [3.8, 4) is 0 Å². The Hall–Kier alpha value is -1.35. The van der Waals surface area contributed by atoms with E-state index >= 15 is 0 Å². The van der Waals surface area contributed by atoms with Crippen LogP contribution in [0.3, 0.4) is 0 Å². The topological polar surface area (TPSA) is 186 Å². The average Bonchev–Trinajstić information content (AvgIpc) is 2.83. The number of rotatable bonds is 19. The lowest BCUT2D eigenvalue weighted by atomic mass is 10.00. The number of hydrogen-bond donors (Lipinski definition) is 4. The Bertz CT molecular complexity index is 759. The molecule has 12 nitrogen and oxygen atoms in total. The van der Waals surface area contributed by atoms with Gasteiger partial charge in [0.1, 0.15) is 36.8 Å². The van der Waals surface area contributed by atoms with Crippen LogP contribution in [-0.4, -0.2) is 96.0 Å². The van der Waals surface area contributed by atoms with Crippen molar-refractivity contribution in [3.05, 3.63) is 0 Å². The van der Waals surface area contributed by atoms with Crippen molar-refractivity contribution < 1.29 is 56.8 Å². The molecule has 1 fully saturated rings. The first kappa shape index (κ1) is 33.7. The Kier molecular flexibility index (Phi) is 16.4. The third-order valence-corrected chi connectivity index (χ3v) is 6.69. The van der Waals surface area contributed by atoms with Gasteiger partial charge in [0, 0.05) is 12.8 Å². The lowest BCUT2D eigenvalue weighted by Gasteiger charge is -2.40. The van der Waals surface area contributed by atoms with E-state index < -0.39 is 71.2 Å². The highest BCUT2D eigenvalue weighted by atomic mass is 32.2. The van der Waals surface area contributed by atoms with Gasteiger partial charge in [0.15, 0.2) is 12.4 Å². The smallest absolute Gasteiger partial charge is 0.306 e. The molecule has 37 heavy (non-hydrogen) atoms. The molecular weight excluding hydrogens is 512 g/mol. The second-order valence-corrected chi connectivity index (χ2v) is 10.9. The van der Waals surface area contributed by atoms with Crippen LogP contribution in [0, 0.1) is 0 Å². The number of esters is 2. The number of carbonyl (C=O) groups excluding carboxylic acids is 2. The summed E-state index contributed by atoms with van der Waals surface area (Å²) in [5.41, 5.74) is 0. The molecular formula is C24H44O12S. The quantitative estimate of drug-likeness (QED) is 0.102. The summed E-state index contributed by atoms with van der Waals surface area (Å²) in [5, 5.41) is 30.2.